The number of hydrogen-bond donors (Lipinski definition) is 1. The van der Waals surface area contributed by atoms with Crippen LogP contribution in [0.15, 0.2) is 133 Å². The van der Waals surface area contributed by atoms with Gasteiger partial charge in [0.25, 0.3) is 0 Å². The smallest absolute Gasteiger partial charge is 0.0573 e. The summed E-state index contributed by atoms with van der Waals surface area (Å²) in [4.78, 5) is 0. The highest BCUT2D eigenvalue weighted by molar-refractivity contribution is 5.97. The van der Waals surface area contributed by atoms with Crippen LogP contribution in [0.5, 0.6) is 0 Å². The van der Waals surface area contributed by atoms with Gasteiger partial charge in [0.05, 0.1) is 5.52 Å². The zero-order valence-corrected chi connectivity index (χ0v) is 32.8. The average Bonchev–Trinajstić information content (AvgIpc) is 3.55. The topological polar surface area (TPSA) is 17.0 Å². The van der Waals surface area contributed by atoms with Gasteiger partial charge in [0, 0.05) is 34.4 Å². The summed E-state index contributed by atoms with van der Waals surface area (Å²) in [6, 6.07) is 44.8. The first-order valence-electron chi connectivity index (χ1n) is 19.6. The molecule has 0 aliphatic heterocycles. The first-order chi connectivity index (χ1) is 25.6. The fourth-order valence-electron chi connectivity index (χ4n) is 7.94. The summed E-state index contributed by atoms with van der Waals surface area (Å²) < 4.78 is 2.52. The van der Waals surface area contributed by atoms with Gasteiger partial charge in [0.15, 0.2) is 0 Å². The minimum absolute atomic E-state index is 0.298. The Morgan fingerprint density at radius 2 is 1.35 bits per heavy atom. The van der Waals surface area contributed by atoms with E-state index in [1.54, 1.807) is 0 Å². The lowest BCUT2D eigenvalue weighted by Gasteiger charge is -2.34. The first-order valence-corrected chi connectivity index (χ1v) is 19.6. The van der Waals surface area contributed by atoms with Crippen molar-refractivity contribution in [3.8, 4) is 16.8 Å². The largest absolute Gasteiger partial charge is 0.385 e. The molecular weight excluding hydrogens is 629 g/mol. The van der Waals surface area contributed by atoms with Crippen LogP contribution < -0.4 is 5.32 Å². The molecule has 2 heteroatoms. The number of nitrogens with one attached hydrogen (secondary N) is 1. The van der Waals surface area contributed by atoms with Crippen LogP contribution >= 0.6 is 0 Å². The second-order valence-corrected chi connectivity index (χ2v) is 13.2. The molecule has 5 aromatic carbocycles. The molecule has 2 nitrogen and oxygen atoms in total. The van der Waals surface area contributed by atoms with E-state index < -0.39 is 0 Å². The maximum atomic E-state index is 3.72. The minimum Gasteiger partial charge on any atom is -0.385 e. The molecule has 0 radical (unpaired) electrons. The molecule has 6 aromatic rings. The monoisotopic (exact) mass is 686 g/mol. The minimum atomic E-state index is -0.298. The fraction of sp³-hybridized carbons (Fsp3) is 0.280. The molecule has 7 rings (SSSR count). The van der Waals surface area contributed by atoms with Crippen LogP contribution in [-0.2, 0) is 11.8 Å². The molecule has 0 saturated carbocycles. The maximum absolute atomic E-state index is 3.72. The van der Waals surface area contributed by atoms with E-state index in [9.17, 15) is 0 Å². The Morgan fingerprint density at radius 3 is 2.00 bits per heavy atom. The summed E-state index contributed by atoms with van der Waals surface area (Å²) in [5.74, 6) is 0. The van der Waals surface area contributed by atoms with E-state index >= 15 is 0 Å². The molecule has 1 unspecified atom stereocenters. The van der Waals surface area contributed by atoms with Gasteiger partial charge in [-0.25, -0.2) is 0 Å². The molecule has 1 N–H and O–H groups in total. The predicted octanol–water partition coefficient (Wildman–Crippen LogP) is 13.7. The number of aromatic nitrogens is 1. The molecule has 0 spiro atoms. The molecule has 268 valence electrons. The third-order valence-electron chi connectivity index (χ3n) is 10.2. The van der Waals surface area contributed by atoms with Crippen molar-refractivity contribution < 1.29 is 0 Å². The van der Waals surface area contributed by atoms with Gasteiger partial charge in [0.2, 0.25) is 0 Å². The molecule has 1 aliphatic rings. The highest BCUT2D eigenvalue weighted by Gasteiger charge is 2.32. The lowest BCUT2D eigenvalue weighted by atomic mass is 9.70. The Morgan fingerprint density at radius 1 is 0.712 bits per heavy atom. The Hall–Kier alpha value is -5.08. The molecule has 0 bridgehead atoms. The molecule has 0 fully saturated rings. The second-order valence-electron chi connectivity index (χ2n) is 13.2. The Kier molecular flexibility index (Phi) is 13.1. The van der Waals surface area contributed by atoms with Gasteiger partial charge < -0.3 is 9.88 Å². The summed E-state index contributed by atoms with van der Waals surface area (Å²) in [6.45, 7) is 17.9. The number of fused-ring (bicyclic) bond motifs is 3. The summed E-state index contributed by atoms with van der Waals surface area (Å²) in [5, 5.41) is 5.09. The van der Waals surface area contributed by atoms with Gasteiger partial charge in [-0.2, -0.15) is 0 Å². The van der Waals surface area contributed by atoms with Crippen LogP contribution in [0.1, 0.15) is 99.9 Å². The summed E-state index contributed by atoms with van der Waals surface area (Å²) in [7, 11) is 0. The molecule has 1 atom stereocenters. The number of nitrogens with zero attached hydrogens (tertiary/aromatic N) is 1. The number of aryl methyl sites for hydroxylation is 3. The van der Waals surface area contributed by atoms with Gasteiger partial charge in [-0.1, -0.05) is 156 Å². The van der Waals surface area contributed by atoms with Crippen LogP contribution in [-0.4, -0.2) is 11.1 Å². The zero-order chi connectivity index (χ0) is 37.1. The maximum Gasteiger partial charge on any atom is 0.0573 e. The summed E-state index contributed by atoms with van der Waals surface area (Å²) in [5.41, 5.74) is 15.3. The first kappa shape index (κ1) is 38.2. The molecule has 52 heavy (non-hydrogen) atoms. The van der Waals surface area contributed by atoms with Crippen LogP contribution in [0.25, 0.3) is 39.5 Å². The van der Waals surface area contributed by atoms with E-state index in [2.05, 4.69) is 177 Å². The fourth-order valence-corrected chi connectivity index (χ4v) is 7.94. The van der Waals surface area contributed by atoms with E-state index in [1.807, 2.05) is 27.7 Å². The number of allylic oxidation sites excluding steroid dienone is 2. The van der Waals surface area contributed by atoms with Crippen molar-refractivity contribution in [1.29, 1.82) is 0 Å². The van der Waals surface area contributed by atoms with Crippen molar-refractivity contribution >= 4 is 22.7 Å². The normalized spacial score (nSPS) is 13.3. The standard InChI is InChI=1S/C46H46N2.2C2H6/c1-5-31-46(36-20-11-8-12-21-36,32-43(47-6-2)35-18-9-7-10-19-35)37-25-27-38(28-26-37)48-44-24-16-15-23-41(44)42-30-29-40(34(4)45(42)48)39-22-14-13-17-33(39)3;2*1-2/h7-14,16-22,24-30,32,47H,5-6,15,23,31H2,1-4H3;2*1-2H3/b43-32-;;. The van der Waals surface area contributed by atoms with Crippen LogP contribution in [0.4, 0.5) is 0 Å². The third-order valence-corrected chi connectivity index (χ3v) is 10.2. The zero-order valence-electron chi connectivity index (χ0n) is 32.8. The lowest BCUT2D eigenvalue weighted by molar-refractivity contribution is 0.568. The van der Waals surface area contributed by atoms with E-state index in [-0.39, 0.29) is 5.41 Å². The predicted molar refractivity (Wildman–Crippen MR) is 228 cm³/mol. The number of rotatable bonds is 10. The van der Waals surface area contributed by atoms with E-state index in [0.29, 0.717) is 0 Å². The molecule has 1 aliphatic carbocycles. The lowest BCUT2D eigenvalue weighted by Crippen LogP contribution is -2.28. The van der Waals surface area contributed by atoms with E-state index in [0.717, 1.165) is 32.2 Å². The van der Waals surface area contributed by atoms with Crippen molar-refractivity contribution in [1.82, 2.24) is 9.88 Å². The molecule has 1 heterocycles. The van der Waals surface area contributed by atoms with Crippen molar-refractivity contribution in [2.75, 3.05) is 6.54 Å². The van der Waals surface area contributed by atoms with Crippen LogP contribution in [0.3, 0.4) is 0 Å². The SMILES string of the molecule is CC.CC.CCCC(/C=C(\NCC)c1ccccc1)(c1ccccc1)c1ccc(-n2c3c(c4ccc(-c5ccccc5C)c(C)c42)CCC=C3)cc1. The molecule has 1 aromatic heterocycles. The third kappa shape index (κ3) is 7.44. The Labute approximate surface area is 314 Å². The average molecular weight is 687 g/mol. The Balaban J connectivity index is 0.00000126. The van der Waals surface area contributed by atoms with Gasteiger partial charge in [-0.05, 0) is 109 Å². The second kappa shape index (κ2) is 17.9. The highest BCUT2D eigenvalue weighted by Crippen LogP contribution is 2.43. The molecule has 0 amide bonds. The van der Waals surface area contributed by atoms with Crippen LogP contribution in [0.2, 0.25) is 0 Å². The molecular formula is C50H58N2. The van der Waals surface area contributed by atoms with Crippen LogP contribution in [0, 0.1) is 13.8 Å². The highest BCUT2D eigenvalue weighted by atomic mass is 15.0. The number of benzene rings is 5. The number of hydrogen-bond acceptors (Lipinski definition) is 1. The van der Waals surface area contributed by atoms with Crippen molar-refractivity contribution in [3.05, 3.63) is 173 Å². The van der Waals surface area contributed by atoms with Gasteiger partial charge in [-0.15, -0.1) is 0 Å². The van der Waals surface area contributed by atoms with E-state index in [4.69, 9.17) is 0 Å². The van der Waals surface area contributed by atoms with Crippen molar-refractivity contribution in [3.63, 3.8) is 0 Å². The quantitative estimate of drug-likeness (QED) is 0.152. The van der Waals surface area contributed by atoms with Crippen molar-refractivity contribution in [2.24, 2.45) is 0 Å². The van der Waals surface area contributed by atoms with Gasteiger partial charge >= 0.3 is 0 Å². The summed E-state index contributed by atoms with van der Waals surface area (Å²) >= 11 is 0. The molecule has 0 saturated heterocycles. The van der Waals surface area contributed by atoms with Gasteiger partial charge in [-0.3, -0.25) is 0 Å². The van der Waals surface area contributed by atoms with E-state index in [1.165, 1.54) is 72.5 Å². The van der Waals surface area contributed by atoms with Gasteiger partial charge in [0.1, 0.15) is 0 Å². The van der Waals surface area contributed by atoms with Crippen molar-refractivity contribution in [2.45, 2.75) is 86.5 Å². The Bertz CT molecular complexity index is 2100. The summed E-state index contributed by atoms with van der Waals surface area (Å²) in [6.07, 6.45) is 11.4.